The predicted molar refractivity (Wildman–Crippen MR) is 110 cm³/mol. The van der Waals surface area contributed by atoms with E-state index in [0.29, 0.717) is 52.8 Å². The van der Waals surface area contributed by atoms with Gasteiger partial charge in [0, 0.05) is 11.3 Å². The van der Waals surface area contributed by atoms with E-state index in [1.165, 1.54) is 13.3 Å². The van der Waals surface area contributed by atoms with Crippen molar-refractivity contribution in [2.24, 2.45) is 5.10 Å². The van der Waals surface area contributed by atoms with Crippen LogP contribution < -0.4 is 14.9 Å². The number of methoxy groups -OCH3 is 1. The van der Waals surface area contributed by atoms with Gasteiger partial charge < -0.3 is 19.2 Å². The highest BCUT2D eigenvalue weighted by Gasteiger charge is 2.18. The molecule has 29 heavy (non-hydrogen) atoms. The summed E-state index contributed by atoms with van der Waals surface area (Å²) < 4.78 is 15.9. The molecule has 0 unspecified atom stereocenters. The molecule has 0 aliphatic carbocycles. The van der Waals surface area contributed by atoms with Crippen molar-refractivity contribution in [1.29, 1.82) is 0 Å². The highest BCUT2D eigenvalue weighted by Crippen LogP contribution is 2.28. The number of carbonyl (C=O) groups is 2. The molecule has 0 bridgehead atoms. The van der Waals surface area contributed by atoms with Crippen molar-refractivity contribution in [1.82, 2.24) is 10.4 Å². The summed E-state index contributed by atoms with van der Waals surface area (Å²) in [6.07, 6.45) is 2.33. The van der Waals surface area contributed by atoms with Crippen molar-refractivity contribution >= 4 is 18.1 Å². The van der Waals surface area contributed by atoms with Crippen LogP contribution >= 0.6 is 0 Å². The monoisotopic (exact) mass is 401 g/mol. The Hall–Kier alpha value is -3.29. The fourth-order valence-corrected chi connectivity index (χ4v) is 2.77. The van der Waals surface area contributed by atoms with Crippen LogP contribution in [0.5, 0.6) is 11.5 Å². The lowest BCUT2D eigenvalue weighted by atomic mass is 10.1. The minimum absolute atomic E-state index is 0.300. The molecular formula is C21H27N3O5. The molecule has 0 radical (unpaired) electrons. The molecule has 1 heterocycles. The van der Waals surface area contributed by atoms with Crippen molar-refractivity contribution in [2.45, 2.75) is 34.1 Å². The third-order valence-corrected chi connectivity index (χ3v) is 4.20. The number of benzene rings is 1. The lowest BCUT2D eigenvalue weighted by Crippen LogP contribution is -2.17. The van der Waals surface area contributed by atoms with Crippen LogP contribution in [0.15, 0.2) is 23.3 Å². The summed E-state index contributed by atoms with van der Waals surface area (Å²) in [5.74, 6) is 0.274. The Morgan fingerprint density at radius 2 is 1.97 bits per heavy atom. The SMILES string of the molecule is CCCOc1ccc(C(=O)N/N=C/c2[nH]c(C)c(C(=O)OCC)c2C)cc1OC. The fourth-order valence-electron chi connectivity index (χ4n) is 2.77. The molecule has 0 fully saturated rings. The molecule has 1 aromatic heterocycles. The van der Waals surface area contributed by atoms with Crippen LogP contribution in [0.4, 0.5) is 0 Å². The summed E-state index contributed by atoms with van der Waals surface area (Å²) in [6, 6.07) is 4.93. The van der Waals surface area contributed by atoms with Gasteiger partial charge in [0.05, 0.1) is 37.8 Å². The van der Waals surface area contributed by atoms with Gasteiger partial charge in [-0.05, 0) is 51.0 Å². The van der Waals surface area contributed by atoms with Crippen molar-refractivity contribution in [2.75, 3.05) is 20.3 Å². The standard InChI is InChI=1S/C21H27N3O5/c1-6-10-29-17-9-8-15(11-18(17)27-5)20(25)24-22-12-16-13(3)19(14(4)23-16)21(26)28-7-2/h8-9,11-12,23H,6-7,10H2,1-5H3,(H,24,25)/b22-12+. The molecule has 0 aliphatic heterocycles. The molecule has 0 saturated carbocycles. The smallest absolute Gasteiger partial charge is 0.340 e. The third kappa shape index (κ3) is 5.37. The number of aromatic nitrogens is 1. The van der Waals surface area contributed by atoms with Crippen molar-refractivity contribution in [3.63, 3.8) is 0 Å². The normalized spacial score (nSPS) is 10.8. The van der Waals surface area contributed by atoms with E-state index in [0.717, 1.165) is 6.42 Å². The molecule has 0 aliphatic rings. The van der Waals surface area contributed by atoms with Gasteiger partial charge >= 0.3 is 5.97 Å². The molecule has 1 amide bonds. The van der Waals surface area contributed by atoms with Crippen molar-refractivity contribution in [3.05, 3.63) is 46.3 Å². The van der Waals surface area contributed by atoms with E-state index in [1.54, 1.807) is 39.0 Å². The average Bonchev–Trinajstić information content (AvgIpc) is 2.99. The molecule has 2 rings (SSSR count). The number of amides is 1. The topological polar surface area (TPSA) is 102 Å². The Morgan fingerprint density at radius 3 is 2.62 bits per heavy atom. The zero-order valence-electron chi connectivity index (χ0n) is 17.4. The molecule has 0 spiro atoms. The zero-order chi connectivity index (χ0) is 21.4. The maximum Gasteiger partial charge on any atom is 0.340 e. The molecule has 156 valence electrons. The summed E-state index contributed by atoms with van der Waals surface area (Å²) in [5, 5.41) is 3.99. The first-order chi connectivity index (χ1) is 13.9. The fraction of sp³-hybridized carbons (Fsp3) is 0.381. The van der Waals surface area contributed by atoms with Gasteiger partial charge in [0.15, 0.2) is 11.5 Å². The number of hydrogen-bond acceptors (Lipinski definition) is 6. The summed E-state index contributed by atoms with van der Waals surface area (Å²) in [5.41, 5.74) is 5.34. The number of H-pyrrole nitrogens is 1. The maximum atomic E-state index is 12.4. The van der Waals surface area contributed by atoms with Crippen LogP contribution in [0, 0.1) is 13.8 Å². The van der Waals surface area contributed by atoms with E-state index in [1.807, 2.05) is 6.92 Å². The number of nitrogens with one attached hydrogen (secondary N) is 2. The number of esters is 1. The number of aromatic amines is 1. The van der Waals surface area contributed by atoms with Gasteiger partial charge in [-0.1, -0.05) is 6.92 Å². The van der Waals surface area contributed by atoms with E-state index >= 15 is 0 Å². The molecule has 0 saturated heterocycles. The number of hydrazone groups is 1. The van der Waals surface area contributed by atoms with Gasteiger partial charge in [0.25, 0.3) is 5.91 Å². The Morgan fingerprint density at radius 1 is 1.21 bits per heavy atom. The number of carbonyl (C=O) groups excluding carboxylic acids is 2. The molecule has 8 nitrogen and oxygen atoms in total. The first kappa shape index (κ1) is 22.0. The largest absolute Gasteiger partial charge is 0.493 e. The van der Waals surface area contributed by atoms with Gasteiger partial charge in [-0.25, -0.2) is 10.2 Å². The quantitative estimate of drug-likeness (QED) is 0.381. The van der Waals surface area contributed by atoms with Crippen LogP contribution in [0.25, 0.3) is 0 Å². The lowest BCUT2D eigenvalue weighted by Gasteiger charge is -2.11. The van der Waals surface area contributed by atoms with Gasteiger partial charge in [-0.2, -0.15) is 5.10 Å². The first-order valence-electron chi connectivity index (χ1n) is 9.43. The number of nitrogens with zero attached hydrogens (tertiary/aromatic N) is 1. The number of aryl methyl sites for hydroxylation is 1. The Bertz CT molecular complexity index is 902. The highest BCUT2D eigenvalue weighted by atomic mass is 16.5. The Balaban J connectivity index is 2.10. The molecular weight excluding hydrogens is 374 g/mol. The zero-order valence-corrected chi connectivity index (χ0v) is 17.4. The van der Waals surface area contributed by atoms with Gasteiger partial charge in [-0.3, -0.25) is 4.79 Å². The minimum Gasteiger partial charge on any atom is -0.493 e. The summed E-state index contributed by atoms with van der Waals surface area (Å²) in [4.78, 5) is 27.5. The van der Waals surface area contributed by atoms with Crippen LogP contribution in [0.2, 0.25) is 0 Å². The van der Waals surface area contributed by atoms with Crippen LogP contribution in [-0.2, 0) is 4.74 Å². The summed E-state index contributed by atoms with van der Waals surface area (Å²) in [6.45, 7) is 8.20. The third-order valence-electron chi connectivity index (χ3n) is 4.20. The highest BCUT2D eigenvalue weighted by molar-refractivity contribution is 5.97. The second-order valence-corrected chi connectivity index (χ2v) is 6.30. The van der Waals surface area contributed by atoms with E-state index in [-0.39, 0.29) is 5.97 Å². The second kappa shape index (κ2) is 10.3. The second-order valence-electron chi connectivity index (χ2n) is 6.30. The van der Waals surface area contributed by atoms with Crippen molar-refractivity contribution in [3.8, 4) is 11.5 Å². The number of rotatable bonds is 9. The average molecular weight is 401 g/mol. The van der Waals surface area contributed by atoms with Crippen molar-refractivity contribution < 1.29 is 23.8 Å². The molecule has 2 N–H and O–H groups in total. The number of hydrogen-bond donors (Lipinski definition) is 2. The summed E-state index contributed by atoms with van der Waals surface area (Å²) in [7, 11) is 1.52. The van der Waals surface area contributed by atoms with E-state index in [4.69, 9.17) is 14.2 Å². The summed E-state index contributed by atoms with van der Waals surface area (Å²) >= 11 is 0. The van der Waals surface area contributed by atoms with Crippen LogP contribution in [0.1, 0.15) is 57.9 Å². The lowest BCUT2D eigenvalue weighted by molar-refractivity contribution is 0.0524. The van der Waals surface area contributed by atoms with E-state index in [2.05, 4.69) is 15.5 Å². The van der Waals surface area contributed by atoms with Gasteiger partial charge in [-0.15, -0.1) is 0 Å². The first-order valence-corrected chi connectivity index (χ1v) is 9.43. The Labute approximate surface area is 170 Å². The van der Waals surface area contributed by atoms with E-state index in [9.17, 15) is 9.59 Å². The van der Waals surface area contributed by atoms with Gasteiger partial charge in [0.1, 0.15) is 0 Å². The number of ether oxygens (including phenoxy) is 3. The van der Waals surface area contributed by atoms with Gasteiger partial charge in [0.2, 0.25) is 0 Å². The predicted octanol–water partition coefficient (Wildman–Crippen LogP) is 3.37. The van der Waals surface area contributed by atoms with Crippen LogP contribution in [-0.4, -0.2) is 43.4 Å². The Kier molecular flexibility index (Phi) is 7.82. The molecule has 2 aromatic rings. The molecule has 0 atom stereocenters. The molecule has 8 heteroatoms. The van der Waals surface area contributed by atoms with E-state index < -0.39 is 5.91 Å². The minimum atomic E-state index is -0.395. The maximum absolute atomic E-state index is 12.4. The van der Waals surface area contributed by atoms with Crippen LogP contribution in [0.3, 0.4) is 0 Å². The molecule has 1 aromatic carbocycles.